The van der Waals surface area contributed by atoms with E-state index in [1.165, 1.54) is 0 Å². The van der Waals surface area contributed by atoms with Gasteiger partial charge in [-0.05, 0) is 32.2 Å². The van der Waals surface area contributed by atoms with E-state index in [9.17, 15) is 0 Å². The number of rotatable bonds is 4. The van der Waals surface area contributed by atoms with Crippen molar-refractivity contribution in [3.05, 3.63) is 41.0 Å². The molecule has 1 atom stereocenters. The molecule has 1 saturated heterocycles. The summed E-state index contributed by atoms with van der Waals surface area (Å²) in [5.74, 6) is 2.11. The van der Waals surface area contributed by atoms with Crippen molar-refractivity contribution in [3.8, 4) is 11.8 Å². The summed E-state index contributed by atoms with van der Waals surface area (Å²) in [6, 6.07) is 7.77. The van der Waals surface area contributed by atoms with E-state index < -0.39 is 0 Å². The summed E-state index contributed by atoms with van der Waals surface area (Å²) in [4.78, 5) is 8.92. The number of nitrogens with zero attached hydrogens (tertiary/aromatic N) is 5. The first-order chi connectivity index (χ1) is 11.6. The molecule has 0 N–H and O–H groups in total. The molecule has 0 unspecified atom stereocenters. The molecule has 0 radical (unpaired) electrons. The van der Waals surface area contributed by atoms with Crippen molar-refractivity contribution < 1.29 is 9.26 Å². The number of nitriles is 1. The number of methoxy groups -OCH3 is 1. The van der Waals surface area contributed by atoms with Crippen molar-refractivity contribution in [1.29, 1.82) is 5.26 Å². The lowest BCUT2D eigenvalue weighted by Crippen LogP contribution is -2.46. The van der Waals surface area contributed by atoms with Crippen LogP contribution in [-0.4, -0.2) is 53.7 Å². The number of aromatic nitrogens is 2. The number of ether oxygens (including phenoxy) is 1. The van der Waals surface area contributed by atoms with E-state index in [-0.39, 0.29) is 6.04 Å². The largest absolute Gasteiger partial charge is 0.496 e. The smallest absolute Gasteiger partial charge is 0.245 e. The van der Waals surface area contributed by atoms with Gasteiger partial charge in [0.2, 0.25) is 5.89 Å². The highest BCUT2D eigenvalue weighted by atomic mass is 16.5. The van der Waals surface area contributed by atoms with Gasteiger partial charge in [-0.3, -0.25) is 9.80 Å². The third-order valence-corrected chi connectivity index (χ3v) is 4.36. The Morgan fingerprint density at radius 1 is 1.42 bits per heavy atom. The second-order valence-electron chi connectivity index (χ2n) is 6.05. The lowest BCUT2D eigenvalue weighted by atomic mass is 10.1. The average molecular weight is 327 g/mol. The van der Waals surface area contributed by atoms with Crippen LogP contribution in [0.3, 0.4) is 0 Å². The van der Waals surface area contributed by atoms with Crippen molar-refractivity contribution in [2.24, 2.45) is 0 Å². The number of benzene rings is 1. The second-order valence-corrected chi connectivity index (χ2v) is 6.05. The second kappa shape index (κ2) is 6.99. The maximum Gasteiger partial charge on any atom is 0.245 e. The lowest BCUT2D eigenvalue weighted by molar-refractivity contribution is 0.0710. The highest BCUT2D eigenvalue weighted by Crippen LogP contribution is 2.26. The Balaban J connectivity index is 1.77. The predicted molar refractivity (Wildman–Crippen MR) is 87.4 cm³/mol. The van der Waals surface area contributed by atoms with Crippen molar-refractivity contribution in [2.45, 2.75) is 19.5 Å². The van der Waals surface area contributed by atoms with E-state index in [0.29, 0.717) is 17.3 Å². The van der Waals surface area contributed by atoms with Gasteiger partial charge in [0, 0.05) is 31.7 Å². The monoisotopic (exact) mass is 327 g/mol. The molecule has 1 aromatic carbocycles. The summed E-state index contributed by atoms with van der Waals surface area (Å²) in [7, 11) is 3.72. The first-order valence-electron chi connectivity index (χ1n) is 7.90. The van der Waals surface area contributed by atoms with Gasteiger partial charge in [-0.2, -0.15) is 10.2 Å². The van der Waals surface area contributed by atoms with Gasteiger partial charge in [0.25, 0.3) is 0 Å². The first kappa shape index (κ1) is 16.4. The number of hydrogen-bond acceptors (Lipinski definition) is 7. The maximum atomic E-state index is 9.12. The third-order valence-electron chi connectivity index (χ3n) is 4.36. The lowest BCUT2D eigenvalue weighted by Gasteiger charge is -2.37. The molecule has 24 heavy (non-hydrogen) atoms. The van der Waals surface area contributed by atoms with E-state index in [2.05, 4.69) is 33.1 Å². The zero-order chi connectivity index (χ0) is 17.1. The molecule has 2 heterocycles. The molecule has 7 heteroatoms. The van der Waals surface area contributed by atoms with Gasteiger partial charge < -0.3 is 9.26 Å². The minimum atomic E-state index is 0.0742. The number of likely N-dealkylation sites (N-methyl/N-ethyl adjacent to an activating group) is 1. The van der Waals surface area contributed by atoms with Crippen molar-refractivity contribution in [2.75, 3.05) is 33.8 Å². The molecule has 3 rings (SSSR count). The SMILES string of the molecule is COc1ccc(C#N)cc1CN1CCN(C)[C@@H](c2nc(C)no2)C1. The van der Waals surface area contributed by atoms with Crippen molar-refractivity contribution in [1.82, 2.24) is 19.9 Å². The molecule has 1 aliphatic heterocycles. The molecular formula is C17H21N5O2. The number of hydrogen-bond donors (Lipinski definition) is 0. The Morgan fingerprint density at radius 2 is 2.25 bits per heavy atom. The summed E-state index contributed by atoms with van der Waals surface area (Å²) in [6.07, 6.45) is 0. The molecule has 2 aromatic rings. The minimum absolute atomic E-state index is 0.0742. The number of aryl methyl sites for hydroxylation is 1. The van der Waals surface area contributed by atoms with Crippen LogP contribution in [0.25, 0.3) is 0 Å². The standard InChI is InChI=1S/C17H21N5O2/c1-12-19-17(24-20-12)15-11-22(7-6-21(15)2)10-14-8-13(9-18)4-5-16(14)23-3/h4-5,8,15H,6-7,10-11H2,1-3H3/t15-/m1/s1. The Bertz CT molecular complexity index is 752. The molecule has 0 bridgehead atoms. The van der Waals surface area contributed by atoms with E-state index in [4.69, 9.17) is 14.5 Å². The molecule has 0 aliphatic carbocycles. The first-order valence-corrected chi connectivity index (χ1v) is 7.90. The van der Waals surface area contributed by atoms with Gasteiger partial charge >= 0.3 is 0 Å². The summed E-state index contributed by atoms with van der Waals surface area (Å²) in [5, 5.41) is 13.0. The van der Waals surface area contributed by atoms with Gasteiger partial charge in [-0.15, -0.1) is 0 Å². The van der Waals surface area contributed by atoms with Crippen LogP contribution in [0, 0.1) is 18.3 Å². The van der Waals surface area contributed by atoms with E-state index in [1.54, 1.807) is 13.2 Å². The summed E-state index contributed by atoms with van der Waals surface area (Å²) in [6.45, 7) is 5.17. The normalized spacial score (nSPS) is 19.2. The Labute approximate surface area is 141 Å². The van der Waals surface area contributed by atoms with Crippen LogP contribution in [0.15, 0.2) is 22.7 Å². The molecule has 126 valence electrons. The van der Waals surface area contributed by atoms with Crippen LogP contribution in [0.1, 0.15) is 28.9 Å². The highest BCUT2D eigenvalue weighted by molar-refractivity contribution is 5.42. The third kappa shape index (κ3) is 3.40. The number of piperazine rings is 1. The van der Waals surface area contributed by atoms with E-state index in [1.807, 2.05) is 19.1 Å². The van der Waals surface area contributed by atoms with E-state index in [0.717, 1.165) is 37.5 Å². The fourth-order valence-electron chi connectivity index (χ4n) is 3.00. The van der Waals surface area contributed by atoms with Crippen LogP contribution in [0.4, 0.5) is 0 Å². The zero-order valence-electron chi connectivity index (χ0n) is 14.2. The van der Waals surface area contributed by atoms with E-state index >= 15 is 0 Å². The fourth-order valence-corrected chi connectivity index (χ4v) is 3.00. The zero-order valence-corrected chi connectivity index (χ0v) is 14.2. The molecule has 0 amide bonds. The summed E-state index contributed by atoms with van der Waals surface area (Å²) in [5.41, 5.74) is 1.66. The Morgan fingerprint density at radius 3 is 2.92 bits per heavy atom. The molecule has 7 nitrogen and oxygen atoms in total. The minimum Gasteiger partial charge on any atom is -0.496 e. The van der Waals surface area contributed by atoms with Crippen LogP contribution < -0.4 is 4.74 Å². The van der Waals surface area contributed by atoms with Crippen LogP contribution in [0.5, 0.6) is 5.75 Å². The van der Waals surface area contributed by atoms with Crippen LogP contribution in [-0.2, 0) is 6.54 Å². The topological polar surface area (TPSA) is 78.4 Å². The maximum absolute atomic E-state index is 9.12. The molecular weight excluding hydrogens is 306 g/mol. The van der Waals surface area contributed by atoms with Gasteiger partial charge in [-0.25, -0.2) is 0 Å². The Kier molecular flexibility index (Phi) is 4.79. The molecule has 1 fully saturated rings. The van der Waals surface area contributed by atoms with Crippen molar-refractivity contribution >= 4 is 0 Å². The highest BCUT2D eigenvalue weighted by Gasteiger charge is 2.30. The molecule has 0 spiro atoms. The molecule has 1 aliphatic rings. The van der Waals surface area contributed by atoms with Gasteiger partial charge in [0.1, 0.15) is 11.8 Å². The quantitative estimate of drug-likeness (QED) is 0.846. The van der Waals surface area contributed by atoms with Gasteiger partial charge in [0.05, 0.1) is 18.7 Å². The van der Waals surface area contributed by atoms with Crippen LogP contribution >= 0.6 is 0 Å². The average Bonchev–Trinajstić information content (AvgIpc) is 3.02. The van der Waals surface area contributed by atoms with Crippen molar-refractivity contribution in [3.63, 3.8) is 0 Å². The summed E-state index contributed by atoms with van der Waals surface area (Å²) >= 11 is 0. The Hall–Kier alpha value is -2.43. The van der Waals surface area contributed by atoms with Gasteiger partial charge in [-0.1, -0.05) is 5.16 Å². The van der Waals surface area contributed by atoms with Crippen LogP contribution in [0.2, 0.25) is 0 Å². The predicted octanol–water partition coefficient (Wildman–Crippen LogP) is 1.75. The molecule has 1 aromatic heterocycles. The molecule has 0 saturated carbocycles. The van der Waals surface area contributed by atoms with Gasteiger partial charge in [0.15, 0.2) is 5.82 Å². The fraction of sp³-hybridized carbons (Fsp3) is 0.471. The summed E-state index contributed by atoms with van der Waals surface area (Å²) < 4.78 is 10.8.